The number of benzene rings is 1. The zero-order valence-corrected chi connectivity index (χ0v) is 17.9. The summed E-state index contributed by atoms with van der Waals surface area (Å²) in [5.41, 5.74) is 2.10. The maximum Gasteiger partial charge on any atom is 0.256 e. The average Bonchev–Trinajstić information content (AvgIpc) is 3.47. The van der Waals surface area contributed by atoms with E-state index in [1.54, 1.807) is 24.1 Å². The second-order valence-electron chi connectivity index (χ2n) is 8.56. The molecule has 0 radical (unpaired) electrons. The first-order chi connectivity index (χ1) is 14.5. The summed E-state index contributed by atoms with van der Waals surface area (Å²) in [6.45, 7) is 5.89. The quantitative estimate of drug-likeness (QED) is 0.696. The van der Waals surface area contributed by atoms with Crippen LogP contribution in [0.15, 0.2) is 30.5 Å². The predicted molar refractivity (Wildman–Crippen MR) is 113 cm³/mol. The van der Waals surface area contributed by atoms with E-state index in [-0.39, 0.29) is 17.4 Å². The van der Waals surface area contributed by atoms with E-state index < -0.39 is 5.82 Å². The molecule has 160 valence electrons. The van der Waals surface area contributed by atoms with Crippen LogP contribution in [0.25, 0.3) is 0 Å². The first-order valence-electron chi connectivity index (χ1n) is 10.7. The van der Waals surface area contributed by atoms with Crippen molar-refractivity contribution in [2.75, 3.05) is 26.8 Å². The number of amides is 1. The van der Waals surface area contributed by atoms with Gasteiger partial charge in [-0.2, -0.15) is 0 Å². The lowest BCUT2D eigenvalue weighted by atomic mass is 9.89. The summed E-state index contributed by atoms with van der Waals surface area (Å²) in [5, 5.41) is 0. The zero-order valence-electron chi connectivity index (χ0n) is 17.9. The molecule has 2 aromatic rings. The lowest BCUT2D eigenvalue weighted by Gasteiger charge is -2.32. The van der Waals surface area contributed by atoms with E-state index in [0.29, 0.717) is 37.3 Å². The number of likely N-dealkylation sites (tertiary alicyclic amines) is 1. The normalized spacial score (nSPS) is 21.4. The summed E-state index contributed by atoms with van der Waals surface area (Å²) < 4.78 is 25.8. The lowest BCUT2D eigenvalue weighted by Crippen LogP contribution is -2.38. The molecule has 6 heteroatoms. The molecular weight excluding hydrogens is 383 g/mol. The molecule has 4 rings (SSSR count). The van der Waals surface area contributed by atoms with Crippen molar-refractivity contribution in [2.45, 2.75) is 39.0 Å². The third-order valence-electron chi connectivity index (χ3n) is 6.38. The molecule has 0 N–H and O–H groups in total. The van der Waals surface area contributed by atoms with Crippen molar-refractivity contribution in [1.29, 1.82) is 0 Å². The summed E-state index contributed by atoms with van der Waals surface area (Å²) in [6.07, 6.45) is 4.64. The van der Waals surface area contributed by atoms with E-state index in [4.69, 9.17) is 9.47 Å². The number of carbonyl (C=O) groups excluding carboxylic acids is 1. The van der Waals surface area contributed by atoms with Gasteiger partial charge < -0.3 is 14.4 Å². The number of nitrogens with zero attached hydrogens (tertiary/aromatic N) is 2. The van der Waals surface area contributed by atoms with Crippen LogP contribution in [0.2, 0.25) is 0 Å². The summed E-state index contributed by atoms with van der Waals surface area (Å²) in [5.74, 6) is 2.08. The minimum atomic E-state index is -0.520. The van der Waals surface area contributed by atoms with Crippen LogP contribution in [0.1, 0.15) is 53.7 Å². The Labute approximate surface area is 177 Å². The van der Waals surface area contributed by atoms with E-state index in [2.05, 4.69) is 11.9 Å². The summed E-state index contributed by atoms with van der Waals surface area (Å²) in [4.78, 5) is 19.0. The Bertz CT molecular complexity index is 925. The van der Waals surface area contributed by atoms with Crippen molar-refractivity contribution in [3.05, 3.63) is 53.1 Å². The van der Waals surface area contributed by atoms with Crippen LogP contribution < -0.4 is 9.47 Å². The number of carbonyl (C=O) groups is 1. The van der Waals surface area contributed by atoms with Crippen LogP contribution in [0, 0.1) is 24.6 Å². The molecule has 0 unspecified atom stereocenters. The van der Waals surface area contributed by atoms with Crippen LogP contribution in [0.3, 0.4) is 0 Å². The number of pyridine rings is 1. The van der Waals surface area contributed by atoms with Crippen LogP contribution in [-0.4, -0.2) is 42.6 Å². The first-order valence-corrected chi connectivity index (χ1v) is 10.7. The highest BCUT2D eigenvalue weighted by atomic mass is 19.1. The Morgan fingerprint density at radius 1 is 1.27 bits per heavy atom. The molecule has 2 atom stereocenters. The number of ether oxygens (including phenoxy) is 2. The molecule has 2 heterocycles. The minimum absolute atomic E-state index is 0.107. The molecule has 1 saturated carbocycles. The molecule has 1 aliphatic heterocycles. The second kappa shape index (κ2) is 8.62. The van der Waals surface area contributed by atoms with Gasteiger partial charge in [0.2, 0.25) is 0 Å². The maximum atomic E-state index is 14.6. The summed E-state index contributed by atoms with van der Waals surface area (Å²) in [7, 11) is 1.66. The van der Waals surface area contributed by atoms with Crippen molar-refractivity contribution >= 4 is 5.91 Å². The molecule has 1 aromatic carbocycles. The van der Waals surface area contributed by atoms with E-state index in [9.17, 15) is 9.18 Å². The molecule has 5 nitrogen and oxygen atoms in total. The van der Waals surface area contributed by atoms with Gasteiger partial charge in [-0.05, 0) is 56.1 Å². The molecule has 1 aromatic heterocycles. The monoisotopic (exact) mass is 412 g/mol. The Kier molecular flexibility index (Phi) is 5.93. The highest BCUT2D eigenvalue weighted by Gasteiger charge is 2.33. The van der Waals surface area contributed by atoms with E-state index >= 15 is 0 Å². The van der Waals surface area contributed by atoms with Crippen molar-refractivity contribution < 1.29 is 18.7 Å². The topological polar surface area (TPSA) is 51.7 Å². The Morgan fingerprint density at radius 2 is 2.00 bits per heavy atom. The fourth-order valence-corrected chi connectivity index (χ4v) is 4.19. The SMILES string of the molecule is COc1cc(C)ncc1C1CCN(C(=O)c2ccc(OC[C@@H]3C[C@H]3C)cc2F)CC1. The van der Waals surface area contributed by atoms with Gasteiger partial charge in [0.15, 0.2) is 0 Å². The van der Waals surface area contributed by atoms with Crippen molar-refractivity contribution in [3.63, 3.8) is 0 Å². The fourth-order valence-electron chi connectivity index (χ4n) is 4.19. The van der Waals surface area contributed by atoms with Gasteiger partial charge in [-0.1, -0.05) is 6.92 Å². The van der Waals surface area contributed by atoms with E-state index in [1.165, 1.54) is 12.5 Å². The van der Waals surface area contributed by atoms with Gasteiger partial charge in [0.1, 0.15) is 17.3 Å². The number of piperidine rings is 1. The third-order valence-corrected chi connectivity index (χ3v) is 6.38. The largest absolute Gasteiger partial charge is 0.496 e. The molecule has 2 aliphatic rings. The van der Waals surface area contributed by atoms with Crippen LogP contribution in [0.4, 0.5) is 4.39 Å². The van der Waals surface area contributed by atoms with Crippen molar-refractivity contribution in [3.8, 4) is 11.5 Å². The molecule has 1 amide bonds. The van der Waals surface area contributed by atoms with Gasteiger partial charge in [0, 0.05) is 42.7 Å². The van der Waals surface area contributed by atoms with Crippen LogP contribution in [0.5, 0.6) is 11.5 Å². The molecule has 30 heavy (non-hydrogen) atoms. The fraction of sp³-hybridized carbons (Fsp3) is 0.500. The number of aromatic nitrogens is 1. The first kappa shape index (κ1) is 20.6. The number of aryl methyl sites for hydroxylation is 1. The number of methoxy groups -OCH3 is 1. The molecule has 1 saturated heterocycles. The maximum absolute atomic E-state index is 14.6. The smallest absolute Gasteiger partial charge is 0.256 e. The number of halogens is 1. The number of rotatable bonds is 6. The molecular formula is C24H29FN2O3. The molecule has 1 aliphatic carbocycles. The van der Waals surface area contributed by atoms with Gasteiger partial charge >= 0.3 is 0 Å². The van der Waals surface area contributed by atoms with Gasteiger partial charge in [-0.25, -0.2) is 4.39 Å². The molecule has 0 spiro atoms. The van der Waals surface area contributed by atoms with Gasteiger partial charge in [0.25, 0.3) is 5.91 Å². The van der Waals surface area contributed by atoms with Crippen LogP contribution >= 0.6 is 0 Å². The highest BCUT2D eigenvalue weighted by molar-refractivity contribution is 5.94. The Hall–Kier alpha value is -2.63. The van der Waals surface area contributed by atoms with Gasteiger partial charge in [0.05, 0.1) is 19.3 Å². The van der Waals surface area contributed by atoms with Crippen molar-refractivity contribution in [2.24, 2.45) is 11.8 Å². The van der Waals surface area contributed by atoms with Crippen molar-refractivity contribution in [1.82, 2.24) is 9.88 Å². The highest BCUT2D eigenvalue weighted by Crippen LogP contribution is 2.38. The summed E-state index contributed by atoms with van der Waals surface area (Å²) >= 11 is 0. The van der Waals surface area contributed by atoms with E-state index in [1.807, 2.05) is 19.2 Å². The molecule has 2 fully saturated rings. The van der Waals surface area contributed by atoms with Gasteiger partial charge in [-0.15, -0.1) is 0 Å². The second-order valence-corrected chi connectivity index (χ2v) is 8.56. The summed E-state index contributed by atoms with van der Waals surface area (Å²) in [6, 6.07) is 6.51. The molecule has 0 bridgehead atoms. The zero-order chi connectivity index (χ0) is 21.3. The lowest BCUT2D eigenvalue weighted by molar-refractivity contribution is 0.0707. The number of hydrogen-bond donors (Lipinski definition) is 0. The average molecular weight is 413 g/mol. The minimum Gasteiger partial charge on any atom is -0.496 e. The predicted octanol–water partition coefficient (Wildman–Crippen LogP) is 4.59. The van der Waals surface area contributed by atoms with E-state index in [0.717, 1.165) is 29.8 Å². The Morgan fingerprint density at radius 3 is 2.63 bits per heavy atom. The van der Waals surface area contributed by atoms with Gasteiger partial charge in [-0.3, -0.25) is 9.78 Å². The Balaban J connectivity index is 1.37. The van der Waals surface area contributed by atoms with Crippen LogP contribution in [-0.2, 0) is 0 Å². The third kappa shape index (κ3) is 4.42. The standard InChI is InChI=1S/C24H29FN2O3/c1-15-10-18(15)14-30-19-4-5-20(22(25)12-19)24(28)27-8-6-17(7-9-27)21-13-26-16(2)11-23(21)29-3/h4-5,11-13,15,17-18H,6-10,14H2,1-3H3/t15-,18+/m1/s1. The number of hydrogen-bond acceptors (Lipinski definition) is 4.